The second kappa shape index (κ2) is 38.3. The quantitative estimate of drug-likeness (QED) is 0.0197. The van der Waals surface area contributed by atoms with Gasteiger partial charge in [-0.05, 0) is 38.5 Å². The first-order valence-corrected chi connectivity index (χ1v) is 24.4. The molecule has 0 saturated carbocycles. The molecule has 326 valence electrons. The van der Waals surface area contributed by atoms with E-state index < -0.39 is 26.5 Å². The molecule has 0 radical (unpaired) electrons. The first-order valence-electron chi connectivity index (χ1n) is 22.9. The summed E-state index contributed by atoms with van der Waals surface area (Å²) in [5.74, 6) is -0.835. The second-order valence-electron chi connectivity index (χ2n) is 16.8. The van der Waals surface area contributed by atoms with E-state index in [-0.39, 0.29) is 32.0 Å². The van der Waals surface area contributed by atoms with Crippen LogP contribution >= 0.6 is 7.82 Å². The Morgan fingerprint density at radius 1 is 0.545 bits per heavy atom. The van der Waals surface area contributed by atoms with Crippen LogP contribution in [0.15, 0.2) is 12.2 Å². The minimum absolute atomic E-state index is 0.0289. The number of ether oxygens (including phenoxy) is 2. The molecule has 0 aromatic rings. The number of carbonyl (C=O) groups is 2. The minimum atomic E-state index is -4.62. The van der Waals surface area contributed by atoms with E-state index in [1.807, 2.05) is 21.1 Å². The molecule has 0 aromatic carbocycles. The van der Waals surface area contributed by atoms with Crippen LogP contribution < -0.4 is 4.89 Å². The summed E-state index contributed by atoms with van der Waals surface area (Å²) in [6.45, 7) is 4.22. The van der Waals surface area contributed by atoms with Gasteiger partial charge < -0.3 is 27.9 Å². The number of unbranched alkanes of at least 4 members (excludes halogenated alkanes) is 26. The maximum atomic E-state index is 12.7. The second-order valence-corrected chi connectivity index (χ2v) is 18.2. The molecule has 9 nitrogen and oxygen atoms in total. The van der Waals surface area contributed by atoms with Gasteiger partial charge in [-0.2, -0.15) is 0 Å². The summed E-state index contributed by atoms with van der Waals surface area (Å²) in [6.07, 6.45) is 39.5. The van der Waals surface area contributed by atoms with Crippen molar-refractivity contribution in [1.29, 1.82) is 0 Å². The van der Waals surface area contributed by atoms with Gasteiger partial charge in [0.25, 0.3) is 7.82 Å². The summed E-state index contributed by atoms with van der Waals surface area (Å²) in [4.78, 5) is 37.5. The number of hydrogen-bond donors (Lipinski definition) is 0. The Morgan fingerprint density at radius 2 is 0.927 bits per heavy atom. The van der Waals surface area contributed by atoms with Crippen molar-refractivity contribution in [3.63, 3.8) is 0 Å². The highest BCUT2D eigenvalue weighted by molar-refractivity contribution is 7.45. The van der Waals surface area contributed by atoms with Crippen LogP contribution in [-0.4, -0.2) is 70.0 Å². The van der Waals surface area contributed by atoms with Crippen molar-refractivity contribution in [1.82, 2.24) is 0 Å². The average molecular weight is 802 g/mol. The number of phosphoric ester groups is 1. The van der Waals surface area contributed by atoms with Gasteiger partial charge >= 0.3 is 11.9 Å². The molecule has 0 aromatic heterocycles. The predicted molar refractivity (Wildman–Crippen MR) is 227 cm³/mol. The van der Waals surface area contributed by atoms with Crippen LogP contribution in [0.4, 0.5) is 0 Å². The molecule has 0 saturated heterocycles. The van der Waals surface area contributed by atoms with Gasteiger partial charge in [-0.1, -0.05) is 174 Å². The molecule has 2 atom stereocenters. The average Bonchev–Trinajstić information content (AvgIpc) is 3.13. The van der Waals surface area contributed by atoms with Crippen LogP contribution in [0.2, 0.25) is 0 Å². The highest BCUT2D eigenvalue weighted by Crippen LogP contribution is 2.38. The lowest BCUT2D eigenvalue weighted by Gasteiger charge is -2.28. The Kier molecular flexibility index (Phi) is 37.4. The number of likely N-dealkylation sites (N-methyl/N-ethyl adjacent to an activating group) is 1. The van der Waals surface area contributed by atoms with Gasteiger partial charge in [-0.25, -0.2) is 0 Å². The number of nitrogens with zero attached hydrogens (tertiary/aromatic N) is 1. The SMILES string of the molecule is CCCCC/C=C/CCCCCCCC(=O)OC[C@H](COP(=O)([O-])OCC[N+](C)(C)C)OC(=O)CCCCCCCCCCCCCCCCCCCCC. The largest absolute Gasteiger partial charge is 0.756 e. The number of esters is 2. The van der Waals surface area contributed by atoms with Gasteiger partial charge in [0.05, 0.1) is 27.7 Å². The van der Waals surface area contributed by atoms with Crippen LogP contribution in [-0.2, 0) is 32.7 Å². The van der Waals surface area contributed by atoms with Gasteiger partial charge in [-0.3, -0.25) is 14.2 Å². The van der Waals surface area contributed by atoms with Crippen molar-refractivity contribution < 1.29 is 42.1 Å². The lowest BCUT2D eigenvalue weighted by molar-refractivity contribution is -0.870. The Balaban J connectivity index is 4.27. The topological polar surface area (TPSA) is 111 Å². The third kappa shape index (κ3) is 42.2. The third-order valence-electron chi connectivity index (χ3n) is 10.0. The van der Waals surface area contributed by atoms with Gasteiger partial charge in [0.15, 0.2) is 6.10 Å². The Bertz CT molecular complexity index is 954. The zero-order chi connectivity index (χ0) is 40.7. The molecule has 0 bridgehead atoms. The Morgan fingerprint density at radius 3 is 1.38 bits per heavy atom. The summed E-state index contributed by atoms with van der Waals surface area (Å²) in [5, 5.41) is 0. The van der Waals surface area contributed by atoms with Crippen molar-refractivity contribution in [3.8, 4) is 0 Å². The molecule has 0 aliphatic heterocycles. The van der Waals surface area contributed by atoms with E-state index in [1.54, 1.807) is 0 Å². The molecule has 0 rings (SSSR count). The van der Waals surface area contributed by atoms with Crippen LogP contribution in [0.5, 0.6) is 0 Å². The Labute approximate surface area is 339 Å². The molecule has 0 aliphatic rings. The number of phosphoric acid groups is 1. The highest BCUT2D eigenvalue weighted by atomic mass is 31.2. The van der Waals surface area contributed by atoms with Gasteiger partial charge in [0.1, 0.15) is 19.8 Å². The standard InChI is InChI=1S/C45H88NO8P/c1-6-8-10-12-14-16-18-20-21-22-23-24-25-26-28-30-32-34-36-38-45(48)54-43(42-53-55(49,50)52-40-39-46(3,4)5)41-51-44(47)37-35-33-31-29-27-19-17-15-13-11-9-7-2/h15,17,43H,6-14,16,18-42H2,1-5H3/b17-15+/t43-/m1/s1. The summed E-state index contributed by atoms with van der Waals surface area (Å²) in [7, 11) is 1.17. The van der Waals surface area contributed by atoms with E-state index in [2.05, 4.69) is 26.0 Å². The van der Waals surface area contributed by atoms with E-state index in [4.69, 9.17) is 18.5 Å². The lowest BCUT2D eigenvalue weighted by atomic mass is 10.0. The van der Waals surface area contributed by atoms with E-state index >= 15 is 0 Å². The fraction of sp³-hybridized carbons (Fsp3) is 0.911. The number of carbonyl (C=O) groups excluding carboxylic acids is 2. The zero-order valence-electron chi connectivity index (χ0n) is 36.6. The van der Waals surface area contributed by atoms with Crippen molar-refractivity contribution in [2.45, 2.75) is 219 Å². The summed E-state index contributed by atoms with van der Waals surface area (Å²) < 4.78 is 33.9. The molecular formula is C45H88NO8P. The van der Waals surface area contributed by atoms with Crippen LogP contribution in [0.1, 0.15) is 213 Å². The van der Waals surface area contributed by atoms with Crippen LogP contribution in [0.3, 0.4) is 0 Å². The fourth-order valence-electron chi connectivity index (χ4n) is 6.41. The van der Waals surface area contributed by atoms with Crippen molar-refractivity contribution in [2.75, 3.05) is 47.5 Å². The van der Waals surface area contributed by atoms with Gasteiger partial charge in [0.2, 0.25) is 0 Å². The number of quaternary nitrogens is 1. The van der Waals surface area contributed by atoms with E-state index in [1.165, 1.54) is 128 Å². The fourth-order valence-corrected chi connectivity index (χ4v) is 7.14. The van der Waals surface area contributed by atoms with E-state index in [9.17, 15) is 19.0 Å². The smallest absolute Gasteiger partial charge is 0.306 e. The first kappa shape index (κ1) is 53.8. The van der Waals surface area contributed by atoms with Crippen LogP contribution in [0, 0.1) is 0 Å². The highest BCUT2D eigenvalue weighted by Gasteiger charge is 2.21. The molecule has 0 fully saturated rings. The lowest BCUT2D eigenvalue weighted by Crippen LogP contribution is -2.37. The van der Waals surface area contributed by atoms with Crippen molar-refractivity contribution in [3.05, 3.63) is 12.2 Å². The van der Waals surface area contributed by atoms with Gasteiger partial charge in [-0.15, -0.1) is 0 Å². The molecular weight excluding hydrogens is 713 g/mol. The molecule has 10 heteroatoms. The minimum Gasteiger partial charge on any atom is -0.756 e. The zero-order valence-corrected chi connectivity index (χ0v) is 37.5. The molecule has 1 unspecified atom stereocenters. The molecule has 0 aliphatic carbocycles. The predicted octanol–water partition coefficient (Wildman–Crippen LogP) is 12.3. The van der Waals surface area contributed by atoms with Crippen molar-refractivity contribution in [2.24, 2.45) is 0 Å². The maximum Gasteiger partial charge on any atom is 0.306 e. The number of allylic oxidation sites excluding steroid dienone is 2. The van der Waals surface area contributed by atoms with Crippen LogP contribution in [0.25, 0.3) is 0 Å². The summed E-state index contributed by atoms with van der Waals surface area (Å²) in [5.41, 5.74) is 0. The molecule has 0 spiro atoms. The van der Waals surface area contributed by atoms with Gasteiger partial charge in [0, 0.05) is 12.8 Å². The summed E-state index contributed by atoms with van der Waals surface area (Å²) >= 11 is 0. The molecule has 0 amide bonds. The maximum absolute atomic E-state index is 12.7. The van der Waals surface area contributed by atoms with Crippen molar-refractivity contribution >= 4 is 19.8 Å². The molecule has 0 heterocycles. The Hall–Kier alpha value is -1.25. The number of hydrogen-bond acceptors (Lipinski definition) is 8. The summed E-state index contributed by atoms with van der Waals surface area (Å²) in [6, 6.07) is 0. The van der Waals surface area contributed by atoms with E-state index in [0.717, 1.165) is 51.4 Å². The third-order valence-corrected chi connectivity index (χ3v) is 11.0. The normalized spacial score (nSPS) is 13.6. The molecule has 55 heavy (non-hydrogen) atoms. The molecule has 0 N–H and O–H groups in total. The monoisotopic (exact) mass is 802 g/mol. The van der Waals surface area contributed by atoms with E-state index in [0.29, 0.717) is 17.4 Å². The number of rotatable bonds is 42. The first-order chi connectivity index (χ1) is 26.5.